The summed E-state index contributed by atoms with van der Waals surface area (Å²) in [5, 5.41) is 16.7. The van der Waals surface area contributed by atoms with Crippen LogP contribution in [0.5, 0.6) is 0 Å². The number of hydrogen-bond acceptors (Lipinski definition) is 3. The molecule has 0 spiro atoms. The lowest BCUT2D eigenvalue weighted by Gasteiger charge is -1.97. The number of carboxylic acids is 2. The zero-order chi connectivity index (χ0) is 10.4. The Bertz CT molecular complexity index is 264. The lowest BCUT2D eigenvalue weighted by atomic mass is 10.1. The van der Waals surface area contributed by atoms with Gasteiger partial charge < -0.3 is 10.2 Å². The minimum Gasteiger partial charge on any atom is -0.478 e. The van der Waals surface area contributed by atoms with E-state index in [0.29, 0.717) is 12.5 Å². The Morgan fingerprint density at radius 2 is 1.77 bits per heavy atom. The second-order valence-corrected chi connectivity index (χ2v) is 2.37. The number of aliphatic carboxylic acids is 2. The van der Waals surface area contributed by atoms with Gasteiger partial charge in [-0.15, -0.1) is 0 Å². The molecule has 0 aliphatic carbocycles. The maximum Gasteiger partial charge on any atom is 0.339 e. The summed E-state index contributed by atoms with van der Waals surface area (Å²) in [6, 6.07) is 0. The first kappa shape index (κ1) is 11.4. The number of Topliss-reactive ketones (excluding diaryl/α,β-unsaturated/α-hetero) is 1. The van der Waals surface area contributed by atoms with Gasteiger partial charge in [0.25, 0.3) is 0 Å². The molecule has 0 aromatic carbocycles. The van der Waals surface area contributed by atoms with Crippen LogP contribution in [0.15, 0.2) is 11.6 Å². The molecule has 13 heavy (non-hydrogen) atoms. The van der Waals surface area contributed by atoms with Gasteiger partial charge in [-0.1, -0.05) is 6.92 Å². The Hall–Kier alpha value is -1.65. The number of carbonyl (C=O) groups excluding carboxylic acids is 1. The van der Waals surface area contributed by atoms with Crippen LogP contribution in [0.1, 0.15) is 19.8 Å². The van der Waals surface area contributed by atoms with Crippen LogP contribution in [0.4, 0.5) is 0 Å². The molecule has 0 aromatic heterocycles. The number of ketones is 1. The van der Waals surface area contributed by atoms with Crippen LogP contribution >= 0.6 is 0 Å². The van der Waals surface area contributed by atoms with E-state index in [0.717, 1.165) is 0 Å². The van der Waals surface area contributed by atoms with Crippen molar-refractivity contribution in [3.05, 3.63) is 11.6 Å². The quantitative estimate of drug-likeness (QED) is 0.369. The highest BCUT2D eigenvalue weighted by molar-refractivity contribution is 6.19. The van der Waals surface area contributed by atoms with Crippen LogP contribution < -0.4 is 0 Å². The Balaban J connectivity index is 4.71. The van der Waals surface area contributed by atoms with Crippen molar-refractivity contribution in [2.45, 2.75) is 19.8 Å². The molecule has 0 aromatic rings. The van der Waals surface area contributed by atoms with Crippen LogP contribution in [-0.4, -0.2) is 27.9 Å². The van der Waals surface area contributed by atoms with E-state index in [1.54, 1.807) is 6.92 Å². The van der Waals surface area contributed by atoms with Crippen molar-refractivity contribution in [1.29, 1.82) is 0 Å². The molecule has 0 unspecified atom stereocenters. The smallest absolute Gasteiger partial charge is 0.339 e. The molecule has 0 aliphatic heterocycles. The van der Waals surface area contributed by atoms with Crippen LogP contribution in [0.2, 0.25) is 0 Å². The lowest BCUT2D eigenvalue weighted by molar-refractivity contribution is -0.137. The number of carbonyl (C=O) groups is 3. The summed E-state index contributed by atoms with van der Waals surface area (Å²) in [6.07, 6.45) is 0.953. The number of carboxylic acid groups (broad SMARTS) is 2. The van der Waals surface area contributed by atoms with Gasteiger partial charge in [0.2, 0.25) is 0 Å². The molecule has 0 radical (unpaired) electrons. The first-order chi connectivity index (χ1) is 5.99. The maximum absolute atomic E-state index is 11.0. The molecular weight excluding hydrogens is 176 g/mol. The Morgan fingerprint density at radius 1 is 1.23 bits per heavy atom. The molecule has 0 heterocycles. The van der Waals surface area contributed by atoms with Crippen LogP contribution in [-0.2, 0) is 14.4 Å². The molecule has 72 valence electrons. The molecule has 0 fully saturated rings. The predicted octanol–water partition coefficient (Wildman–Crippen LogP) is 0.451. The monoisotopic (exact) mass is 186 g/mol. The Labute approximate surface area is 74.7 Å². The van der Waals surface area contributed by atoms with Gasteiger partial charge in [-0.2, -0.15) is 0 Å². The lowest BCUT2D eigenvalue weighted by Crippen LogP contribution is -2.13. The van der Waals surface area contributed by atoms with Crippen molar-refractivity contribution >= 4 is 17.7 Å². The van der Waals surface area contributed by atoms with E-state index in [1.807, 2.05) is 0 Å². The summed E-state index contributed by atoms with van der Waals surface area (Å²) in [4.78, 5) is 31.5. The summed E-state index contributed by atoms with van der Waals surface area (Å²) >= 11 is 0. The molecular formula is C8H10O5. The molecule has 0 rings (SSSR count). The standard InChI is InChI=1S/C8H10O5/c1-2-3-6(9)5(8(12)13)4-7(10)11/h4H,2-3H2,1H3,(H,10,11)(H,12,13)/b5-4+. The van der Waals surface area contributed by atoms with E-state index in [9.17, 15) is 14.4 Å². The third-order valence-corrected chi connectivity index (χ3v) is 1.28. The number of hydrogen-bond donors (Lipinski definition) is 2. The van der Waals surface area contributed by atoms with Crippen molar-refractivity contribution in [3.63, 3.8) is 0 Å². The molecule has 0 aliphatic rings. The molecule has 5 heteroatoms. The van der Waals surface area contributed by atoms with Crippen LogP contribution in [0.3, 0.4) is 0 Å². The summed E-state index contributed by atoms with van der Waals surface area (Å²) in [7, 11) is 0. The molecule has 2 N–H and O–H groups in total. The van der Waals surface area contributed by atoms with Crippen molar-refractivity contribution in [2.75, 3.05) is 0 Å². The van der Waals surface area contributed by atoms with Gasteiger partial charge in [0.1, 0.15) is 5.57 Å². The minimum atomic E-state index is -1.50. The third-order valence-electron chi connectivity index (χ3n) is 1.28. The highest BCUT2D eigenvalue weighted by atomic mass is 16.4. The fourth-order valence-corrected chi connectivity index (χ4v) is 0.747. The van der Waals surface area contributed by atoms with Crippen LogP contribution in [0.25, 0.3) is 0 Å². The van der Waals surface area contributed by atoms with E-state index >= 15 is 0 Å². The highest BCUT2D eigenvalue weighted by Crippen LogP contribution is 2.02. The highest BCUT2D eigenvalue weighted by Gasteiger charge is 2.17. The van der Waals surface area contributed by atoms with Crippen LogP contribution in [0, 0.1) is 0 Å². The van der Waals surface area contributed by atoms with Crippen molar-refractivity contribution in [3.8, 4) is 0 Å². The van der Waals surface area contributed by atoms with Gasteiger partial charge in [-0.3, -0.25) is 4.79 Å². The fraction of sp³-hybridized carbons (Fsp3) is 0.375. The van der Waals surface area contributed by atoms with Gasteiger partial charge in [0.05, 0.1) is 0 Å². The average Bonchev–Trinajstić information content (AvgIpc) is 1.99. The maximum atomic E-state index is 11.0. The summed E-state index contributed by atoms with van der Waals surface area (Å²) in [6.45, 7) is 1.71. The average molecular weight is 186 g/mol. The first-order valence-electron chi connectivity index (χ1n) is 3.70. The van der Waals surface area contributed by atoms with Gasteiger partial charge >= 0.3 is 11.9 Å². The molecule has 0 bridgehead atoms. The fourth-order valence-electron chi connectivity index (χ4n) is 0.747. The number of rotatable bonds is 5. The Kier molecular flexibility index (Phi) is 4.43. The SMILES string of the molecule is CCCC(=O)/C(=C\C(=O)O)C(=O)O. The predicted molar refractivity (Wildman–Crippen MR) is 43.3 cm³/mol. The second-order valence-electron chi connectivity index (χ2n) is 2.37. The summed E-state index contributed by atoms with van der Waals surface area (Å²) in [5.41, 5.74) is -0.672. The van der Waals surface area contributed by atoms with E-state index in [1.165, 1.54) is 0 Å². The zero-order valence-electron chi connectivity index (χ0n) is 7.11. The topological polar surface area (TPSA) is 91.7 Å². The van der Waals surface area contributed by atoms with Crippen molar-refractivity contribution in [1.82, 2.24) is 0 Å². The van der Waals surface area contributed by atoms with Gasteiger partial charge in [-0.25, -0.2) is 9.59 Å². The van der Waals surface area contributed by atoms with Crippen molar-refractivity contribution < 1.29 is 24.6 Å². The summed E-state index contributed by atoms with van der Waals surface area (Å²) in [5.74, 6) is -3.58. The largest absolute Gasteiger partial charge is 0.478 e. The van der Waals surface area contributed by atoms with Gasteiger partial charge in [0.15, 0.2) is 5.78 Å². The van der Waals surface area contributed by atoms with Crippen molar-refractivity contribution in [2.24, 2.45) is 0 Å². The second kappa shape index (κ2) is 5.08. The minimum absolute atomic E-state index is 0.0470. The molecule has 0 atom stereocenters. The van der Waals surface area contributed by atoms with E-state index < -0.39 is 23.3 Å². The van der Waals surface area contributed by atoms with Gasteiger partial charge in [0, 0.05) is 12.5 Å². The molecule has 0 saturated carbocycles. The van der Waals surface area contributed by atoms with E-state index in [4.69, 9.17) is 10.2 Å². The third kappa shape index (κ3) is 4.05. The summed E-state index contributed by atoms with van der Waals surface area (Å²) < 4.78 is 0. The van der Waals surface area contributed by atoms with E-state index in [2.05, 4.69) is 0 Å². The normalized spacial score (nSPS) is 11.0. The van der Waals surface area contributed by atoms with Gasteiger partial charge in [-0.05, 0) is 6.42 Å². The first-order valence-corrected chi connectivity index (χ1v) is 3.70. The Morgan fingerprint density at radius 3 is 2.08 bits per heavy atom. The molecule has 5 nitrogen and oxygen atoms in total. The molecule has 0 saturated heterocycles. The van der Waals surface area contributed by atoms with E-state index in [-0.39, 0.29) is 6.42 Å². The molecule has 0 amide bonds. The zero-order valence-corrected chi connectivity index (χ0v) is 7.11.